The van der Waals surface area contributed by atoms with Crippen molar-refractivity contribution in [3.8, 4) is 12.3 Å². The minimum Gasteiger partial charge on any atom is -0.383 e. The molecule has 17 heavy (non-hydrogen) atoms. The first kappa shape index (κ1) is 15.9. The lowest BCUT2D eigenvalue weighted by atomic mass is 10.1. The zero-order valence-corrected chi connectivity index (χ0v) is 10.8. The van der Waals surface area contributed by atoms with Gasteiger partial charge in [-0.3, -0.25) is 4.79 Å². The lowest BCUT2D eigenvalue weighted by Crippen LogP contribution is -2.50. The fourth-order valence-electron chi connectivity index (χ4n) is 1.50. The van der Waals surface area contributed by atoms with Gasteiger partial charge in [0.2, 0.25) is 5.91 Å². The summed E-state index contributed by atoms with van der Waals surface area (Å²) in [5.41, 5.74) is 5.72. The molecule has 98 valence electrons. The van der Waals surface area contributed by atoms with Gasteiger partial charge in [-0.1, -0.05) is 0 Å². The van der Waals surface area contributed by atoms with E-state index < -0.39 is 6.04 Å². The van der Waals surface area contributed by atoms with Gasteiger partial charge < -0.3 is 20.1 Å². The SMILES string of the molecule is C#CCC(N)C(=O)N(CCOC)C(C)COC. The van der Waals surface area contributed by atoms with Crippen molar-refractivity contribution in [3.05, 3.63) is 0 Å². The molecule has 0 heterocycles. The summed E-state index contributed by atoms with van der Waals surface area (Å²) in [7, 11) is 3.18. The number of nitrogens with zero attached hydrogens (tertiary/aromatic N) is 1. The molecule has 2 unspecified atom stereocenters. The van der Waals surface area contributed by atoms with Gasteiger partial charge in [-0.05, 0) is 6.92 Å². The molecule has 2 atom stereocenters. The molecular weight excluding hydrogens is 220 g/mol. The molecule has 0 saturated carbocycles. The summed E-state index contributed by atoms with van der Waals surface area (Å²) in [5, 5.41) is 0. The number of terminal acetylenes is 1. The number of amides is 1. The maximum atomic E-state index is 12.0. The van der Waals surface area contributed by atoms with Gasteiger partial charge >= 0.3 is 0 Å². The predicted molar refractivity (Wildman–Crippen MR) is 66.4 cm³/mol. The quantitative estimate of drug-likeness (QED) is 0.601. The average molecular weight is 242 g/mol. The van der Waals surface area contributed by atoms with E-state index in [1.54, 1.807) is 19.1 Å². The molecule has 0 aliphatic rings. The lowest BCUT2D eigenvalue weighted by Gasteiger charge is -2.30. The summed E-state index contributed by atoms with van der Waals surface area (Å²) in [6.45, 7) is 3.30. The van der Waals surface area contributed by atoms with E-state index in [2.05, 4.69) is 5.92 Å². The van der Waals surface area contributed by atoms with Crippen molar-refractivity contribution in [2.45, 2.75) is 25.4 Å². The zero-order valence-electron chi connectivity index (χ0n) is 10.8. The monoisotopic (exact) mass is 242 g/mol. The summed E-state index contributed by atoms with van der Waals surface area (Å²) in [6, 6.07) is -0.706. The first-order valence-corrected chi connectivity index (χ1v) is 5.55. The molecule has 0 aromatic carbocycles. The molecule has 0 fully saturated rings. The van der Waals surface area contributed by atoms with E-state index >= 15 is 0 Å². The van der Waals surface area contributed by atoms with Crippen LogP contribution in [0.2, 0.25) is 0 Å². The highest BCUT2D eigenvalue weighted by Gasteiger charge is 2.24. The van der Waals surface area contributed by atoms with Gasteiger partial charge in [-0.2, -0.15) is 0 Å². The van der Waals surface area contributed by atoms with E-state index in [1.165, 1.54) is 0 Å². The molecule has 0 aromatic rings. The third-order valence-corrected chi connectivity index (χ3v) is 2.41. The Morgan fingerprint density at radius 1 is 1.47 bits per heavy atom. The highest BCUT2D eigenvalue weighted by molar-refractivity contribution is 5.82. The van der Waals surface area contributed by atoms with E-state index in [1.807, 2.05) is 6.92 Å². The van der Waals surface area contributed by atoms with Crippen LogP contribution in [-0.2, 0) is 14.3 Å². The smallest absolute Gasteiger partial charge is 0.240 e. The van der Waals surface area contributed by atoms with Crippen molar-refractivity contribution in [3.63, 3.8) is 0 Å². The predicted octanol–water partition coefficient (Wildman–Crippen LogP) is -0.153. The van der Waals surface area contributed by atoms with Crippen molar-refractivity contribution < 1.29 is 14.3 Å². The minimum atomic E-state index is -0.656. The van der Waals surface area contributed by atoms with Crippen LogP contribution in [0.4, 0.5) is 0 Å². The number of nitrogens with two attached hydrogens (primary N) is 1. The second-order valence-corrected chi connectivity index (χ2v) is 3.84. The molecule has 0 rings (SSSR count). The maximum Gasteiger partial charge on any atom is 0.240 e. The number of methoxy groups -OCH3 is 2. The topological polar surface area (TPSA) is 64.8 Å². The number of rotatable bonds is 8. The highest BCUT2D eigenvalue weighted by atomic mass is 16.5. The Bertz CT molecular complexity index is 263. The summed E-state index contributed by atoms with van der Waals surface area (Å²) in [5.74, 6) is 2.23. The van der Waals surface area contributed by atoms with Crippen molar-refractivity contribution >= 4 is 5.91 Å². The Balaban J connectivity index is 4.54. The lowest BCUT2D eigenvalue weighted by molar-refractivity contribution is -0.136. The van der Waals surface area contributed by atoms with Crippen molar-refractivity contribution in [2.24, 2.45) is 5.73 Å². The van der Waals surface area contributed by atoms with Gasteiger partial charge in [0.1, 0.15) is 0 Å². The van der Waals surface area contributed by atoms with Crippen LogP contribution in [0, 0.1) is 12.3 Å². The number of ether oxygens (including phenoxy) is 2. The van der Waals surface area contributed by atoms with Crippen LogP contribution in [0.5, 0.6) is 0 Å². The number of hydrogen-bond donors (Lipinski definition) is 1. The highest BCUT2D eigenvalue weighted by Crippen LogP contribution is 2.04. The van der Waals surface area contributed by atoms with Gasteiger partial charge in [0.25, 0.3) is 0 Å². The molecule has 0 aliphatic heterocycles. The summed E-state index contributed by atoms with van der Waals surface area (Å²) in [6.07, 6.45) is 5.39. The molecule has 0 aromatic heterocycles. The van der Waals surface area contributed by atoms with E-state index in [0.29, 0.717) is 19.8 Å². The largest absolute Gasteiger partial charge is 0.383 e. The molecule has 0 aliphatic carbocycles. The molecule has 1 amide bonds. The van der Waals surface area contributed by atoms with Crippen molar-refractivity contribution in [1.82, 2.24) is 4.90 Å². The van der Waals surface area contributed by atoms with Crippen LogP contribution in [0.15, 0.2) is 0 Å². The van der Waals surface area contributed by atoms with Gasteiger partial charge in [0, 0.05) is 27.2 Å². The average Bonchev–Trinajstić information content (AvgIpc) is 2.30. The van der Waals surface area contributed by atoms with E-state index in [9.17, 15) is 4.79 Å². The number of hydrogen-bond acceptors (Lipinski definition) is 4. The van der Waals surface area contributed by atoms with Gasteiger partial charge in [-0.15, -0.1) is 12.3 Å². The van der Waals surface area contributed by atoms with Gasteiger partial charge in [0.05, 0.1) is 25.3 Å². The summed E-state index contributed by atoms with van der Waals surface area (Å²) < 4.78 is 10.0. The molecule has 0 spiro atoms. The first-order valence-electron chi connectivity index (χ1n) is 5.55. The first-order chi connectivity index (χ1) is 8.08. The van der Waals surface area contributed by atoms with Crippen LogP contribution in [0.1, 0.15) is 13.3 Å². The minimum absolute atomic E-state index is 0.0496. The summed E-state index contributed by atoms with van der Waals surface area (Å²) >= 11 is 0. The Labute approximate surface area is 103 Å². The molecule has 5 nitrogen and oxygen atoms in total. The Morgan fingerprint density at radius 2 is 2.12 bits per heavy atom. The van der Waals surface area contributed by atoms with Crippen LogP contribution >= 0.6 is 0 Å². The normalized spacial score (nSPS) is 13.8. The Hall–Kier alpha value is -1.09. The molecule has 0 saturated heterocycles. The zero-order chi connectivity index (χ0) is 13.3. The Morgan fingerprint density at radius 3 is 2.59 bits per heavy atom. The second-order valence-electron chi connectivity index (χ2n) is 3.84. The number of carbonyl (C=O) groups excluding carboxylic acids is 1. The van der Waals surface area contributed by atoms with Gasteiger partial charge in [0.15, 0.2) is 0 Å². The molecule has 0 radical (unpaired) electrons. The molecule has 5 heteroatoms. The Kier molecular flexibility index (Phi) is 8.42. The fourth-order valence-corrected chi connectivity index (χ4v) is 1.50. The van der Waals surface area contributed by atoms with E-state index in [0.717, 1.165) is 0 Å². The molecule has 0 bridgehead atoms. The number of carbonyl (C=O) groups is 1. The molecule has 2 N–H and O–H groups in total. The van der Waals surface area contributed by atoms with Crippen molar-refractivity contribution in [1.29, 1.82) is 0 Å². The van der Waals surface area contributed by atoms with Gasteiger partial charge in [-0.25, -0.2) is 0 Å². The second kappa shape index (κ2) is 8.99. The maximum absolute atomic E-state index is 12.0. The third-order valence-electron chi connectivity index (χ3n) is 2.41. The van der Waals surface area contributed by atoms with Crippen LogP contribution in [0.3, 0.4) is 0 Å². The standard InChI is InChI=1S/C12H22N2O3/c1-5-6-11(13)12(15)14(7-8-16-3)10(2)9-17-4/h1,10-11H,6-9,13H2,2-4H3. The van der Waals surface area contributed by atoms with E-state index in [4.69, 9.17) is 21.6 Å². The van der Waals surface area contributed by atoms with Crippen LogP contribution in [0.25, 0.3) is 0 Å². The van der Waals surface area contributed by atoms with E-state index in [-0.39, 0.29) is 18.4 Å². The van der Waals surface area contributed by atoms with Crippen LogP contribution in [-0.4, -0.2) is 56.9 Å². The van der Waals surface area contributed by atoms with Crippen LogP contribution < -0.4 is 5.73 Å². The third kappa shape index (κ3) is 5.68. The fraction of sp³-hybridized carbons (Fsp3) is 0.750. The summed E-state index contributed by atoms with van der Waals surface area (Å²) in [4.78, 5) is 13.7. The molecular formula is C12H22N2O3. The van der Waals surface area contributed by atoms with Crippen molar-refractivity contribution in [2.75, 3.05) is 34.0 Å².